The molecule has 1 N–H and O–H groups in total. The Morgan fingerprint density at radius 3 is 2.41 bits per heavy atom. The average Bonchev–Trinajstić information content (AvgIpc) is 3.37. The summed E-state index contributed by atoms with van der Waals surface area (Å²) in [5.41, 5.74) is 5.13. The van der Waals surface area contributed by atoms with Crippen molar-refractivity contribution in [2.45, 2.75) is 13.0 Å². The zero-order valence-corrected chi connectivity index (χ0v) is 22.4. The Labute approximate surface area is 236 Å². The molecular weight excluding hydrogens is 516 g/mol. The molecule has 2 aromatic heterocycles. The van der Waals surface area contributed by atoms with Crippen molar-refractivity contribution in [2.24, 2.45) is 0 Å². The van der Waals surface area contributed by atoms with Gasteiger partial charge in [0.15, 0.2) is 6.61 Å². The second kappa shape index (κ2) is 11.1. The van der Waals surface area contributed by atoms with Crippen molar-refractivity contribution in [1.82, 2.24) is 9.88 Å². The molecule has 3 heterocycles. The minimum absolute atomic E-state index is 0.000352. The summed E-state index contributed by atoms with van der Waals surface area (Å²) in [5.74, 6) is -0.758. The van der Waals surface area contributed by atoms with Gasteiger partial charge in [-0.15, -0.1) is 0 Å². The van der Waals surface area contributed by atoms with E-state index in [0.717, 1.165) is 35.3 Å². The molecule has 3 aromatic carbocycles. The summed E-state index contributed by atoms with van der Waals surface area (Å²) < 4.78 is 11.6. The highest BCUT2D eigenvalue weighted by Crippen LogP contribution is 2.41. The predicted molar refractivity (Wildman–Crippen MR) is 155 cm³/mol. The topological polar surface area (TPSA) is 108 Å². The second-order valence-electron chi connectivity index (χ2n) is 9.90. The molecule has 1 aliphatic heterocycles. The van der Waals surface area contributed by atoms with Gasteiger partial charge in [0.1, 0.15) is 17.4 Å². The number of likely N-dealkylation sites (N-methyl/N-ethyl adjacent to an activating group) is 1. The van der Waals surface area contributed by atoms with Gasteiger partial charge in [0.2, 0.25) is 5.88 Å². The van der Waals surface area contributed by atoms with Gasteiger partial charge in [-0.1, -0.05) is 78.9 Å². The van der Waals surface area contributed by atoms with Crippen LogP contribution in [0.4, 0.5) is 5.88 Å². The van der Waals surface area contributed by atoms with Crippen LogP contribution in [0.1, 0.15) is 27.2 Å². The SMILES string of the molecule is CN1CCc2nc3ccccc3c(C(=O)OCC(=O)Nc3oc(-c4ccccc4)c(-c4ccccc4)c3C#N)c2C1. The molecule has 0 spiro atoms. The summed E-state index contributed by atoms with van der Waals surface area (Å²) in [6.07, 6.45) is 0.723. The molecule has 1 amide bonds. The Morgan fingerprint density at radius 2 is 1.68 bits per heavy atom. The molecule has 202 valence electrons. The molecule has 8 heteroatoms. The summed E-state index contributed by atoms with van der Waals surface area (Å²) in [7, 11) is 1.99. The van der Waals surface area contributed by atoms with Crippen molar-refractivity contribution in [3.05, 3.63) is 107 Å². The molecule has 0 atom stereocenters. The second-order valence-corrected chi connectivity index (χ2v) is 9.90. The predicted octanol–water partition coefficient (Wildman–Crippen LogP) is 5.82. The quantitative estimate of drug-likeness (QED) is 0.270. The van der Waals surface area contributed by atoms with Crippen molar-refractivity contribution in [1.29, 1.82) is 5.26 Å². The number of hydrogen-bond donors (Lipinski definition) is 1. The van der Waals surface area contributed by atoms with Crippen molar-refractivity contribution in [3.8, 4) is 28.5 Å². The minimum Gasteiger partial charge on any atom is -0.452 e. The lowest BCUT2D eigenvalue weighted by molar-refractivity contribution is -0.119. The Balaban J connectivity index is 1.28. The molecule has 0 bridgehead atoms. The third kappa shape index (κ3) is 5.07. The number of anilines is 1. The number of ether oxygens (including phenoxy) is 1. The van der Waals surface area contributed by atoms with Crippen LogP contribution in [0.5, 0.6) is 0 Å². The summed E-state index contributed by atoms with van der Waals surface area (Å²) in [4.78, 5) is 33.3. The molecule has 0 saturated carbocycles. The number of carbonyl (C=O) groups is 2. The normalized spacial score (nSPS) is 12.9. The van der Waals surface area contributed by atoms with Crippen molar-refractivity contribution >= 4 is 28.7 Å². The number of aromatic nitrogens is 1. The third-order valence-corrected chi connectivity index (χ3v) is 7.15. The number of furan rings is 1. The highest BCUT2D eigenvalue weighted by atomic mass is 16.5. The number of nitrogens with one attached hydrogen (secondary N) is 1. The van der Waals surface area contributed by atoms with Gasteiger partial charge in [0.05, 0.1) is 11.1 Å². The fourth-order valence-electron chi connectivity index (χ4n) is 5.22. The van der Waals surface area contributed by atoms with Crippen LogP contribution >= 0.6 is 0 Å². The third-order valence-electron chi connectivity index (χ3n) is 7.15. The van der Waals surface area contributed by atoms with Gasteiger partial charge in [0.25, 0.3) is 5.91 Å². The largest absolute Gasteiger partial charge is 0.452 e. The van der Waals surface area contributed by atoms with E-state index in [2.05, 4.69) is 16.3 Å². The molecular formula is C33H26N4O4. The van der Waals surface area contributed by atoms with E-state index >= 15 is 0 Å². The number of benzene rings is 3. The van der Waals surface area contributed by atoms with E-state index < -0.39 is 18.5 Å². The average molecular weight is 543 g/mol. The lowest BCUT2D eigenvalue weighted by Crippen LogP contribution is -2.30. The van der Waals surface area contributed by atoms with E-state index in [1.165, 1.54) is 0 Å². The number of hydrogen-bond acceptors (Lipinski definition) is 7. The van der Waals surface area contributed by atoms with Gasteiger partial charge in [0, 0.05) is 47.3 Å². The van der Waals surface area contributed by atoms with Gasteiger partial charge in [-0.05, 0) is 18.7 Å². The van der Waals surface area contributed by atoms with Crippen LogP contribution in [-0.4, -0.2) is 42.0 Å². The maximum Gasteiger partial charge on any atom is 0.339 e. The van der Waals surface area contributed by atoms with E-state index in [-0.39, 0.29) is 11.4 Å². The Kier molecular flexibility index (Phi) is 7.02. The van der Waals surface area contributed by atoms with Gasteiger partial charge in [-0.25, -0.2) is 4.79 Å². The van der Waals surface area contributed by atoms with Crippen LogP contribution in [0.25, 0.3) is 33.4 Å². The number of esters is 1. The number of nitriles is 1. The number of rotatable bonds is 6. The number of carbonyl (C=O) groups excluding carboxylic acids is 2. The van der Waals surface area contributed by atoms with Crippen LogP contribution in [-0.2, 0) is 22.5 Å². The van der Waals surface area contributed by atoms with Crippen molar-refractivity contribution < 1.29 is 18.7 Å². The first-order valence-corrected chi connectivity index (χ1v) is 13.3. The number of pyridine rings is 1. The maximum atomic E-state index is 13.4. The molecule has 0 unspecified atom stereocenters. The van der Waals surface area contributed by atoms with E-state index in [9.17, 15) is 14.9 Å². The molecule has 41 heavy (non-hydrogen) atoms. The van der Waals surface area contributed by atoms with Crippen LogP contribution in [0, 0.1) is 11.3 Å². The highest BCUT2D eigenvalue weighted by Gasteiger charge is 2.27. The molecule has 6 rings (SSSR count). The van der Waals surface area contributed by atoms with E-state index in [1.807, 2.05) is 92.0 Å². The summed E-state index contributed by atoms with van der Waals surface area (Å²) in [5, 5.41) is 13.4. The first-order valence-electron chi connectivity index (χ1n) is 13.3. The highest BCUT2D eigenvalue weighted by molar-refractivity contribution is 6.06. The van der Waals surface area contributed by atoms with Gasteiger partial charge >= 0.3 is 5.97 Å². The summed E-state index contributed by atoms with van der Waals surface area (Å²) in [6.45, 7) is 0.856. The number of fused-ring (bicyclic) bond motifs is 2. The van der Waals surface area contributed by atoms with E-state index in [4.69, 9.17) is 14.1 Å². The summed E-state index contributed by atoms with van der Waals surface area (Å²) >= 11 is 0. The van der Waals surface area contributed by atoms with Crippen LogP contribution in [0.15, 0.2) is 89.3 Å². The fourth-order valence-corrected chi connectivity index (χ4v) is 5.22. The molecule has 8 nitrogen and oxygen atoms in total. The minimum atomic E-state index is -0.618. The Hall–Kier alpha value is -5.26. The number of amides is 1. The van der Waals surface area contributed by atoms with Gasteiger partial charge in [-0.3, -0.25) is 15.1 Å². The lowest BCUT2D eigenvalue weighted by atomic mass is 9.96. The Morgan fingerprint density at radius 1 is 1.00 bits per heavy atom. The zero-order chi connectivity index (χ0) is 28.3. The van der Waals surface area contributed by atoms with Crippen molar-refractivity contribution in [2.75, 3.05) is 25.5 Å². The van der Waals surface area contributed by atoms with Gasteiger partial charge in [-0.2, -0.15) is 5.26 Å². The Bertz CT molecular complexity index is 1810. The first-order chi connectivity index (χ1) is 20.0. The summed E-state index contributed by atoms with van der Waals surface area (Å²) in [6, 6.07) is 28.4. The van der Waals surface area contributed by atoms with E-state index in [0.29, 0.717) is 34.3 Å². The van der Waals surface area contributed by atoms with E-state index in [1.54, 1.807) is 0 Å². The number of para-hydroxylation sites is 1. The monoisotopic (exact) mass is 542 g/mol. The molecule has 5 aromatic rings. The van der Waals surface area contributed by atoms with Crippen LogP contribution in [0.2, 0.25) is 0 Å². The molecule has 0 radical (unpaired) electrons. The zero-order valence-electron chi connectivity index (χ0n) is 22.4. The fraction of sp³-hybridized carbons (Fsp3) is 0.152. The lowest BCUT2D eigenvalue weighted by Gasteiger charge is -2.26. The standard InChI is InChI=1S/C33H26N4O4/c1-37-17-16-27-25(19-37)30(23-14-8-9-15-26(23)35-27)33(39)40-20-28(38)36-32-24(18-34)29(21-10-4-2-5-11-21)31(41-32)22-12-6-3-7-13-22/h2-15H,16-17,19-20H2,1H3,(H,36,38). The van der Waals surface area contributed by atoms with Crippen molar-refractivity contribution in [3.63, 3.8) is 0 Å². The van der Waals surface area contributed by atoms with Gasteiger partial charge < -0.3 is 14.1 Å². The first kappa shape index (κ1) is 26.0. The van der Waals surface area contributed by atoms with Crippen LogP contribution in [0.3, 0.4) is 0 Å². The molecule has 0 saturated heterocycles. The smallest absolute Gasteiger partial charge is 0.339 e. The van der Waals surface area contributed by atoms with Crippen LogP contribution < -0.4 is 5.32 Å². The molecule has 0 fully saturated rings. The molecule has 0 aliphatic carbocycles. The number of nitrogens with zero attached hydrogens (tertiary/aromatic N) is 3. The molecule has 1 aliphatic rings. The maximum absolute atomic E-state index is 13.4.